The van der Waals surface area contributed by atoms with Gasteiger partial charge in [-0.1, -0.05) is 383 Å². The Labute approximate surface area is 632 Å². The van der Waals surface area contributed by atoms with Crippen LogP contribution in [0.2, 0.25) is 0 Å². The molecule has 0 bridgehead atoms. The van der Waals surface area contributed by atoms with Gasteiger partial charge in [0.25, 0.3) is 0 Å². The van der Waals surface area contributed by atoms with Crippen molar-refractivity contribution >= 4 is 39.5 Å². The number of phosphoric acid groups is 2. The molecule has 0 aromatic rings. The van der Waals surface area contributed by atoms with Gasteiger partial charge in [0.2, 0.25) is 0 Å². The second-order valence-corrected chi connectivity index (χ2v) is 34.8. The van der Waals surface area contributed by atoms with Gasteiger partial charge in [0.15, 0.2) is 12.2 Å². The smallest absolute Gasteiger partial charge is 0.462 e. The molecule has 0 spiro atoms. The Morgan fingerprint density at radius 1 is 0.272 bits per heavy atom. The van der Waals surface area contributed by atoms with Gasteiger partial charge in [0.05, 0.1) is 26.4 Å². The van der Waals surface area contributed by atoms with Crippen molar-refractivity contribution < 1.29 is 80.2 Å². The van der Waals surface area contributed by atoms with Crippen molar-refractivity contribution in [3.05, 3.63) is 0 Å². The predicted molar refractivity (Wildman–Crippen MR) is 423 cm³/mol. The van der Waals surface area contributed by atoms with Crippen molar-refractivity contribution in [3.8, 4) is 0 Å². The van der Waals surface area contributed by atoms with Crippen LogP contribution >= 0.6 is 15.6 Å². The van der Waals surface area contributed by atoms with E-state index in [0.29, 0.717) is 31.6 Å². The summed E-state index contributed by atoms with van der Waals surface area (Å²) in [6.07, 6.45) is 61.2. The van der Waals surface area contributed by atoms with Crippen molar-refractivity contribution in [1.82, 2.24) is 0 Å². The van der Waals surface area contributed by atoms with E-state index >= 15 is 0 Å². The minimum atomic E-state index is -4.97. The van der Waals surface area contributed by atoms with Crippen LogP contribution in [-0.4, -0.2) is 96.7 Å². The highest BCUT2D eigenvalue weighted by Crippen LogP contribution is 2.45. The van der Waals surface area contributed by atoms with Gasteiger partial charge in [-0.2, -0.15) is 0 Å². The summed E-state index contributed by atoms with van der Waals surface area (Å²) in [4.78, 5) is 73.1. The van der Waals surface area contributed by atoms with E-state index in [1.807, 2.05) is 0 Å². The first-order chi connectivity index (χ1) is 49.6. The molecule has 0 aliphatic heterocycles. The summed E-state index contributed by atoms with van der Waals surface area (Å²) >= 11 is 0. The molecule has 0 aromatic carbocycles. The third-order valence-electron chi connectivity index (χ3n) is 19.9. The summed E-state index contributed by atoms with van der Waals surface area (Å²) in [7, 11) is -9.93. The molecule has 0 heterocycles. The number of unbranched alkanes of at least 4 members (excludes halogenated alkanes) is 46. The van der Waals surface area contributed by atoms with E-state index in [4.69, 9.17) is 37.0 Å². The van der Waals surface area contributed by atoms with Crippen LogP contribution in [-0.2, 0) is 65.4 Å². The van der Waals surface area contributed by atoms with Crippen LogP contribution in [0, 0.1) is 23.7 Å². The molecule has 0 radical (unpaired) electrons. The molecule has 19 heteroatoms. The lowest BCUT2D eigenvalue weighted by Gasteiger charge is -2.21. The number of ether oxygens (including phenoxy) is 4. The zero-order valence-electron chi connectivity index (χ0n) is 68.0. The molecular formula is C84H164O17P2. The normalized spacial score (nSPS) is 14.2. The van der Waals surface area contributed by atoms with Crippen LogP contribution < -0.4 is 0 Å². The summed E-state index contributed by atoms with van der Waals surface area (Å²) in [6, 6.07) is 0. The number of phosphoric ester groups is 2. The molecule has 0 fully saturated rings. The molecule has 612 valence electrons. The Morgan fingerprint density at radius 2 is 0.466 bits per heavy atom. The fourth-order valence-electron chi connectivity index (χ4n) is 12.9. The maximum atomic E-state index is 13.1. The average Bonchev–Trinajstić information content (AvgIpc) is 0.918. The third kappa shape index (κ3) is 76.6. The maximum absolute atomic E-state index is 13.1. The monoisotopic (exact) mass is 1510 g/mol. The molecule has 0 aliphatic rings. The highest BCUT2D eigenvalue weighted by Gasteiger charge is 2.30. The van der Waals surface area contributed by atoms with E-state index in [0.717, 1.165) is 114 Å². The second-order valence-electron chi connectivity index (χ2n) is 31.9. The van der Waals surface area contributed by atoms with Crippen LogP contribution in [0.5, 0.6) is 0 Å². The fraction of sp³-hybridized carbons (Fsp3) is 0.952. The van der Waals surface area contributed by atoms with E-state index in [2.05, 4.69) is 55.4 Å². The number of esters is 4. The maximum Gasteiger partial charge on any atom is 0.472 e. The van der Waals surface area contributed by atoms with Gasteiger partial charge in [0.1, 0.15) is 19.3 Å². The molecule has 17 nitrogen and oxygen atoms in total. The van der Waals surface area contributed by atoms with E-state index in [1.165, 1.54) is 231 Å². The number of rotatable bonds is 81. The number of aliphatic hydroxyl groups is 1. The Morgan fingerprint density at radius 3 is 0.689 bits per heavy atom. The third-order valence-corrected chi connectivity index (χ3v) is 21.8. The minimum Gasteiger partial charge on any atom is -0.462 e. The van der Waals surface area contributed by atoms with E-state index < -0.39 is 97.5 Å². The second kappa shape index (κ2) is 72.9. The highest BCUT2D eigenvalue weighted by atomic mass is 31.2. The lowest BCUT2D eigenvalue weighted by molar-refractivity contribution is -0.161. The van der Waals surface area contributed by atoms with E-state index in [-0.39, 0.29) is 25.7 Å². The SMILES string of the molecule is CCC(C)CCCCCCCCCCCCCCCCCCCCC(=O)OC[C@H](COP(=O)(O)OCC(O)COP(=O)(O)OC[C@@H](COC(=O)CCCCCCCCCC(C)C)OC(=O)CCCCCCCCCCCCCC(C)C)OC(=O)CCCCCCCCCCCCCCCCC(C)C. The van der Waals surface area contributed by atoms with Gasteiger partial charge in [-0.05, 0) is 49.4 Å². The van der Waals surface area contributed by atoms with Crippen LogP contribution in [0.3, 0.4) is 0 Å². The zero-order chi connectivity index (χ0) is 76.0. The van der Waals surface area contributed by atoms with Crippen molar-refractivity contribution in [2.45, 2.75) is 453 Å². The van der Waals surface area contributed by atoms with Gasteiger partial charge < -0.3 is 33.8 Å². The average molecular weight is 1510 g/mol. The summed E-state index contributed by atoms with van der Waals surface area (Å²) in [5.74, 6) is 1.03. The van der Waals surface area contributed by atoms with E-state index in [1.54, 1.807) is 0 Å². The quantitative estimate of drug-likeness (QED) is 0.0222. The van der Waals surface area contributed by atoms with Gasteiger partial charge in [-0.15, -0.1) is 0 Å². The number of carbonyl (C=O) groups excluding carboxylic acids is 4. The number of hydrogen-bond donors (Lipinski definition) is 3. The van der Waals surface area contributed by atoms with E-state index in [9.17, 15) is 43.2 Å². The first kappa shape index (κ1) is 101. The summed E-state index contributed by atoms with van der Waals surface area (Å²) in [6.45, 7) is 14.3. The molecule has 0 aromatic heterocycles. The molecule has 3 N–H and O–H groups in total. The van der Waals surface area contributed by atoms with Crippen LogP contribution in [0.25, 0.3) is 0 Å². The number of aliphatic hydroxyl groups excluding tert-OH is 1. The predicted octanol–water partition coefficient (Wildman–Crippen LogP) is 25.2. The lowest BCUT2D eigenvalue weighted by Crippen LogP contribution is -2.30. The molecule has 0 amide bonds. The van der Waals surface area contributed by atoms with Crippen LogP contribution in [0.4, 0.5) is 0 Å². The summed E-state index contributed by atoms with van der Waals surface area (Å²) in [5, 5.41) is 10.7. The van der Waals surface area contributed by atoms with Crippen LogP contribution in [0.15, 0.2) is 0 Å². The first-order valence-electron chi connectivity index (χ1n) is 43.2. The molecule has 4 unspecified atom stereocenters. The van der Waals surface area contributed by atoms with Crippen molar-refractivity contribution in [1.29, 1.82) is 0 Å². The van der Waals surface area contributed by atoms with Crippen molar-refractivity contribution in [2.75, 3.05) is 39.6 Å². The molecule has 0 saturated heterocycles. The molecule has 103 heavy (non-hydrogen) atoms. The standard InChI is InChI=1S/C84H164O17P2/c1-9-77(8)63-55-47-39-31-25-19-14-12-10-11-13-15-20-26-32-40-48-56-64-81(86)94-70-79(100-83(88)66-58-50-41-33-27-21-17-16-18-23-29-36-44-52-60-74(2)3)72-98-102(90,91)96-68-78(85)69-97-103(92,93)99-73-80(71-95-82(87)65-57-49-43-35-38-46-54-62-76(6)7)101-84(89)67-59-51-42-34-28-22-24-30-37-45-53-61-75(4)5/h74-80,85H,9-73H2,1-8H3,(H,90,91)(H,92,93)/t77?,78?,79-,80-/m1/s1. The largest absolute Gasteiger partial charge is 0.472 e. The van der Waals surface area contributed by atoms with Crippen molar-refractivity contribution in [2.24, 2.45) is 23.7 Å². The first-order valence-corrected chi connectivity index (χ1v) is 46.2. The van der Waals surface area contributed by atoms with Gasteiger partial charge in [0, 0.05) is 25.7 Å². The minimum absolute atomic E-state index is 0.105. The summed E-state index contributed by atoms with van der Waals surface area (Å²) < 4.78 is 68.8. The topological polar surface area (TPSA) is 237 Å². The van der Waals surface area contributed by atoms with Gasteiger partial charge >= 0.3 is 39.5 Å². The Kier molecular flexibility index (Phi) is 71.5. The van der Waals surface area contributed by atoms with Crippen molar-refractivity contribution in [3.63, 3.8) is 0 Å². The summed E-state index contributed by atoms with van der Waals surface area (Å²) in [5.41, 5.74) is 0. The number of hydrogen-bond acceptors (Lipinski definition) is 15. The number of carbonyl (C=O) groups is 4. The lowest BCUT2D eigenvalue weighted by atomic mass is 9.99. The molecule has 0 aliphatic carbocycles. The highest BCUT2D eigenvalue weighted by molar-refractivity contribution is 7.47. The Bertz CT molecular complexity index is 2010. The Hall–Kier alpha value is -1.94. The fourth-order valence-corrected chi connectivity index (χ4v) is 14.5. The van der Waals surface area contributed by atoms with Gasteiger partial charge in [-0.25, -0.2) is 9.13 Å². The van der Waals surface area contributed by atoms with Gasteiger partial charge in [-0.3, -0.25) is 37.3 Å². The molecule has 0 rings (SSSR count). The Balaban J connectivity index is 5.21. The molecular weight excluding hydrogens is 1340 g/mol. The van der Waals surface area contributed by atoms with Crippen LogP contribution in [0.1, 0.15) is 434 Å². The molecule has 6 atom stereocenters. The zero-order valence-corrected chi connectivity index (χ0v) is 69.7. The molecule has 0 saturated carbocycles.